The maximum atomic E-state index is 12.2. The Bertz CT molecular complexity index is 932. The number of carbonyl (C=O) groups excluding carboxylic acids is 1. The number of anilines is 1. The molecule has 1 aromatic rings. The molecule has 5 fully saturated rings. The highest BCUT2D eigenvalue weighted by Crippen LogP contribution is 2.60. The van der Waals surface area contributed by atoms with Crippen LogP contribution in [0.25, 0.3) is 0 Å². The molecule has 8 atom stereocenters. The predicted octanol–water partition coefficient (Wildman–Crippen LogP) is 5.73. The molecule has 0 radical (unpaired) electrons. The molecule has 8 nitrogen and oxygen atoms in total. The van der Waals surface area contributed by atoms with E-state index < -0.39 is 24.0 Å². The minimum Gasteiger partial charge on any atom is -0.352 e. The zero-order valence-corrected chi connectivity index (χ0v) is 21.9. The molecule has 1 aromatic carbocycles. The van der Waals surface area contributed by atoms with Gasteiger partial charge in [0.2, 0.25) is 5.79 Å². The predicted molar refractivity (Wildman–Crippen MR) is 131 cm³/mol. The third-order valence-corrected chi connectivity index (χ3v) is 8.54. The fraction of sp³-hybridized carbons (Fsp3) is 0.720. The summed E-state index contributed by atoms with van der Waals surface area (Å²) in [7, 11) is 0. The van der Waals surface area contributed by atoms with Crippen molar-refractivity contribution < 1.29 is 28.8 Å². The number of carbonyl (C=O) groups is 1. The van der Waals surface area contributed by atoms with Crippen LogP contribution in [0.2, 0.25) is 10.0 Å². The monoisotopic (exact) mass is 528 g/mol. The lowest BCUT2D eigenvalue weighted by atomic mass is 9.58. The molecule has 1 saturated carbocycles. The van der Waals surface area contributed by atoms with Crippen LogP contribution in [-0.4, -0.2) is 43.2 Å². The van der Waals surface area contributed by atoms with E-state index in [9.17, 15) is 4.79 Å². The lowest BCUT2D eigenvalue weighted by Crippen LogP contribution is -2.70. The highest BCUT2D eigenvalue weighted by Gasteiger charge is 2.69. The van der Waals surface area contributed by atoms with Gasteiger partial charge in [-0.1, -0.05) is 37.0 Å². The Labute approximate surface area is 216 Å². The molecule has 1 spiro atoms. The third-order valence-electron chi connectivity index (χ3n) is 8.11. The fourth-order valence-electron chi connectivity index (χ4n) is 6.34. The number of fused-ring (bicyclic) bond motifs is 2. The number of nitrogens with one attached hydrogen (secondary N) is 2. The second-order valence-corrected chi connectivity index (χ2v) is 11.4. The lowest BCUT2D eigenvalue weighted by Gasteiger charge is -2.60. The van der Waals surface area contributed by atoms with Gasteiger partial charge in [0.25, 0.3) is 0 Å². The maximum Gasteiger partial charge on any atom is 0.319 e. The first-order chi connectivity index (χ1) is 16.7. The Hall–Kier alpha value is -1.13. The molecule has 35 heavy (non-hydrogen) atoms. The molecule has 5 aliphatic rings. The van der Waals surface area contributed by atoms with Crippen molar-refractivity contribution in [3.8, 4) is 0 Å². The molecule has 4 aliphatic heterocycles. The maximum absolute atomic E-state index is 12.2. The molecule has 1 aliphatic carbocycles. The number of ether oxygens (including phenoxy) is 3. The van der Waals surface area contributed by atoms with Crippen LogP contribution in [0.3, 0.4) is 0 Å². The average molecular weight is 529 g/mol. The van der Waals surface area contributed by atoms with Gasteiger partial charge in [0.15, 0.2) is 18.2 Å². The van der Waals surface area contributed by atoms with E-state index in [2.05, 4.69) is 24.5 Å². The van der Waals surface area contributed by atoms with Crippen LogP contribution >= 0.6 is 23.2 Å². The average Bonchev–Trinajstić information content (AvgIpc) is 3.02. The molecule has 194 valence electrons. The van der Waals surface area contributed by atoms with Gasteiger partial charge >= 0.3 is 6.03 Å². The van der Waals surface area contributed by atoms with E-state index in [-0.39, 0.29) is 17.9 Å². The minimum atomic E-state index is -0.798. The number of benzene rings is 1. The normalized spacial score (nSPS) is 40.0. The molecule has 0 aromatic heterocycles. The van der Waals surface area contributed by atoms with Crippen molar-refractivity contribution in [3.05, 3.63) is 28.2 Å². The van der Waals surface area contributed by atoms with E-state index in [0.29, 0.717) is 47.1 Å². The second kappa shape index (κ2) is 9.97. The standard InChI is InChI=1S/C25H34Cl2N2O6/c1-14-5-6-20-15(2)21(32-22-25(20)19(14)7-8-24(3,33-22)34-35-25)31-10-4-9-28-23(30)29-18-12-16(26)11-17(27)13-18/h11-15,19-22H,4-10H2,1-3H3,(H2,28,29,30)/t14-,15-,19+,20+,21+,22-,24+,25-/m1/s1. The van der Waals surface area contributed by atoms with E-state index in [1.165, 1.54) is 0 Å². The van der Waals surface area contributed by atoms with Crippen LogP contribution in [0.5, 0.6) is 0 Å². The highest BCUT2D eigenvalue weighted by molar-refractivity contribution is 6.35. The summed E-state index contributed by atoms with van der Waals surface area (Å²) in [6, 6.07) is 4.55. The smallest absolute Gasteiger partial charge is 0.319 e. The quantitative estimate of drug-likeness (QED) is 0.362. The Kier molecular flexibility index (Phi) is 7.27. The van der Waals surface area contributed by atoms with Crippen LogP contribution in [0.15, 0.2) is 18.2 Å². The zero-order valence-electron chi connectivity index (χ0n) is 20.4. The Balaban J connectivity index is 1.14. The van der Waals surface area contributed by atoms with E-state index in [1.807, 2.05) is 6.92 Å². The van der Waals surface area contributed by atoms with Gasteiger partial charge in [-0.3, -0.25) is 0 Å². The van der Waals surface area contributed by atoms with Crippen molar-refractivity contribution in [2.75, 3.05) is 18.5 Å². The van der Waals surface area contributed by atoms with Crippen molar-refractivity contribution in [3.63, 3.8) is 0 Å². The first kappa shape index (κ1) is 25.5. The molecule has 4 saturated heterocycles. The molecule has 4 heterocycles. The van der Waals surface area contributed by atoms with Crippen molar-refractivity contribution in [2.24, 2.45) is 23.7 Å². The van der Waals surface area contributed by atoms with Gasteiger partial charge in [-0.25, -0.2) is 14.6 Å². The van der Waals surface area contributed by atoms with Crippen LogP contribution in [0.4, 0.5) is 10.5 Å². The van der Waals surface area contributed by atoms with Crippen LogP contribution < -0.4 is 10.6 Å². The van der Waals surface area contributed by atoms with Gasteiger partial charge in [-0.2, -0.15) is 0 Å². The molecule has 2 bridgehead atoms. The summed E-state index contributed by atoms with van der Waals surface area (Å²) in [6.45, 7) is 7.27. The van der Waals surface area contributed by atoms with Crippen LogP contribution in [0, 0.1) is 23.7 Å². The molecule has 2 amide bonds. The first-order valence-corrected chi connectivity index (χ1v) is 13.3. The molecule has 10 heteroatoms. The topological polar surface area (TPSA) is 87.3 Å². The largest absolute Gasteiger partial charge is 0.352 e. The Morgan fingerprint density at radius 3 is 2.66 bits per heavy atom. The molecule has 2 N–H and O–H groups in total. The summed E-state index contributed by atoms with van der Waals surface area (Å²) >= 11 is 12.0. The number of rotatable bonds is 6. The van der Waals surface area contributed by atoms with E-state index >= 15 is 0 Å². The van der Waals surface area contributed by atoms with Crippen molar-refractivity contribution in [2.45, 2.75) is 76.8 Å². The van der Waals surface area contributed by atoms with Gasteiger partial charge < -0.3 is 24.8 Å². The number of halogens is 2. The van der Waals surface area contributed by atoms with E-state index in [1.54, 1.807) is 18.2 Å². The van der Waals surface area contributed by atoms with Crippen LogP contribution in [0.1, 0.15) is 52.9 Å². The van der Waals surface area contributed by atoms with E-state index in [4.69, 9.17) is 47.2 Å². The number of amides is 2. The van der Waals surface area contributed by atoms with Crippen molar-refractivity contribution in [1.82, 2.24) is 5.32 Å². The summed E-state index contributed by atoms with van der Waals surface area (Å²) in [6.07, 6.45) is 3.67. The summed E-state index contributed by atoms with van der Waals surface area (Å²) in [5.41, 5.74) is -0.0529. The SMILES string of the molecule is C[C@H]1[C@@H](OCCCNC(=O)Nc2cc(Cl)cc(Cl)c2)O[C@@H]2O[C@]3(C)CC[C@H]4[C@H](C)CC[C@@H]1[C@@]24OO3. The molecule has 0 unspecified atom stereocenters. The van der Waals surface area contributed by atoms with Gasteiger partial charge in [0.05, 0.1) is 6.61 Å². The van der Waals surface area contributed by atoms with Gasteiger partial charge in [-0.15, -0.1) is 0 Å². The molecular formula is C25H34Cl2N2O6. The summed E-state index contributed by atoms with van der Waals surface area (Å²) in [4.78, 5) is 24.2. The van der Waals surface area contributed by atoms with Gasteiger partial charge in [-0.05, 0) is 62.6 Å². The summed E-state index contributed by atoms with van der Waals surface area (Å²) in [5, 5.41) is 6.46. The van der Waals surface area contributed by atoms with Crippen LogP contribution in [-0.2, 0) is 24.0 Å². The van der Waals surface area contributed by atoms with E-state index in [0.717, 1.165) is 25.7 Å². The van der Waals surface area contributed by atoms with Gasteiger partial charge in [0.1, 0.15) is 0 Å². The first-order valence-electron chi connectivity index (χ1n) is 12.5. The minimum absolute atomic E-state index is 0.125. The summed E-state index contributed by atoms with van der Waals surface area (Å²) in [5.74, 6) is 0.404. The Morgan fingerprint density at radius 2 is 1.89 bits per heavy atom. The lowest BCUT2D eigenvalue weighted by molar-refractivity contribution is -0.577. The Morgan fingerprint density at radius 1 is 1.11 bits per heavy atom. The second-order valence-electron chi connectivity index (χ2n) is 10.5. The highest BCUT2D eigenvalue weighted by atomic mass is 35.5. The fourth-order valence-corrected chi connectivity index (χ4v) is 6.86. The zero-order chi connectivity index (χ0) is 24.8. The van der Waals surface area contributed by atoms with Crippen molar-refractivity contribution in [1.29, 1.82) is 0 Å². The van der Waals surface area contributed by atoms with Gasteiger partial charge in [0, 0.05) is 40.5 Å². The summed E-state index contributed by atoms with van der Waals surface area (Å²) < 4.78 is 18.9. The molecule has 6 rings (SSSR count). The number of urea groups is 1. The molecular weight excluding hydrogens is 495 g/mol. The van der Waals surface area contributed by atoms with Crippen molar-refractivity contribution >= 4 is 34.9 Å². The third kappa shape index (κ3) is 4.91. The number of hydrogen-bond donors (Lipinski definition) is 2. The number of hydrogen-bond acceptors (Lipinski definition) is 6.